The first-order valence-corrected chi connectivity index (χ1v) is 10.1. The molecule has 3 aromatic rings. The maximum absolute atomic E-state index is 11.9. The highest BCUT2D eigenvalue weighted by molar-refractivity contribution is 6.32. The third-order valence-electron chi connectivity index (χ3n) is 4.28. The number of para-hydroxylation sites is 1. The zero-order chi connectivity index (χ0) is 21.9. The summed E-state index contributed by atoms with van der Waals surface area (Å²) in [5.74, 6) is 1.28. The molecule has 3 rings (SSSR count). The van der Waals surface area contributed by atoms with Gasteiger partial charge in [0.1, 0.15) is 5.75 Å². The zero-order valence-corrected chi connectivity index (χ0v) is 17.8. The van der Waals surface area contributed by atoms with Crippen LogP contribution in [0.1, 0.15) is 11.1 Å². The molecule has 31 heavy (non-hydrogen) atoms. The lowest BCUT2D eigenvalue weighted by molar-refractivity contribution is -0.123. The van der Waals surface area contributed by atoms with Crippen LogP contribution < -0.4 is 19.6 Å². The van der Waals surface area contributed by atoms with Crippen LogP contribution in [0.15, 0.2) is 77.9 Å². The highest BCUT2D eigenvalue weighted by Crippen LogP contribution is 2.27. The van der Waals surface area contributed by atoms with Crippen molar-refractivity contribution in [2.75, 3.05) is 20.3 Å². The van der Waals surface area contributed by atoms with E-state index in [1.54, 1.807) is 37.4 Å². The minimum Gasteiger partial charge on any atom is -0.493 e. The molecule has 0 fully saturated rings. The molecule has 0 saturated heterocycles. The average molecular weight is 439 g/mol. The second-order valence-electron chi connectivity index (χ2n) is 6.51. The molecule has 0 aromatic heterocycles. The van der Waals surface area contributed by atoms with Crippen molar-refractivity contribution in [1.82, 2.24) is 5.43 Å². The van der Waals surface area contributed by atoms with Gasteiger partial charge in [-0.3, -0.25) is 4.79 Å². The fourth-order valence-corrected chi connectivity index (χ4v) is 2.91. The number of hydrogen-bond donors (Lipinski definition) is 1. The summed E-state index contributed by atoms with van der Waals surface area (Å²) < 4.78 is 16.6. The lowest BCUT2D eigenvalue weighted by Gasteiger charge is -2.11. The zero-order valence-electron chi connectivity index (χ0n) is 17.1. The Labute approximate surface area is 186 Å². The maximum atomic E-state index is 11.9. The second-order valence-corrected chi connectivity index (χ2v) is 6.91. The molecule has 7 heteroatoms. The van der Waals surface area contributed by atoms with Crippen LogP contribution >= 0.6 is 11.6 Å². The van der Waals surface area contributed by atoms with E-state index >= 15 is 0 Å². The molecular weight excluding hydrogens is 416 g/mol. The molecule has 0 aliphatic rings. The largest absolute Gasteiger partial charge is 0.493 e. The number of nitrogens with one attached hydrogen (secondary N) is 1. The minimum absolute atomic E-state index is 0.196. The van der Waals surface area contributed by atoms with Crippen molar-refractivity contribution in [1.29, 1.82) is 0 Å². The SMILES string of the molecule is COc1cc(/C=N/NC(=O)COc2ccccc2Cl)ccc1OCCc1ccccc1. The van der Waals surface area contributed by atoms with Gasteiger partial charge in [0.05, 0.1) is 25.0 Å². The van der Waals surface area contributed by atoms with E-state index in [9.17, 15) is 4.79 Å². The van der Waals surface area contributed by atoms with Crippen LogP contribution in [0.4, 0.5) is 0 Å². The van der Waals surface area contributed by atoms with Crippen molar-refractivity contribution < 1.29 is 19.0 Å². The molecule has 6 nitrogen and oxygen atoms in total. The van der Waals surface area contributed by atoms with Crippen molar-refractivity contribution >= 4 is 23.7 Å². The lowest BCUT2D eigenvalue weighted by atomic mass is 10.2. The maximum Gasteiger partial charge on any atom is 0.277 e. The summed E-state index contributed by atoms with van der Waals surface area (Å²) in [5.41, 5.74) is 4.37. The van der Waals surface area contributed by atoms with Crippen LogP contribution in [0.3, 0.4) is 0 Å². The normalized spacial score (nSPS) is 10.6. The smallest absolute Gasteiger partial charge is 0.277 e. The monoisotopic (exact) mass is 438 g/mol. The van der Waals surface area contributed by atoms with E-state index in [4.69, 9.17) is 25.8 Å². The Morgan fingerprint density at radius 3 is 2.52 bits per heavy atom. The van der Waals surface area contributed by atoms with Crippen molar-refractivity contribution in [3.63, 3.8) is 0 Å². The Kier molecular flexibility index (Phi) is 8.31. The Morgan fingerprint density at radius 2 is 1.74 bits per heavy atom. The highest BCUT2D eigenvalue weighted by Gasteiger charge is 2.07. The average Bonchev–Trinajstić information content (AvgIpc) is 2.80. The topological polar surface area (TPSA) is 69.2 Å². The molecule has 0 saturated carbocycles. The van der Waals surface area contributed by atoms with Crippen LogP contribution in [-0.4, -0.2) is 32.4 Å². The number of carbonyl (C=O) groups is 1. The van der Waals surface area contributed by atoms with Gasteiger partial charge in [-0.05, 0) is 41.5 Å². The van der Waals surface area contributed by atoms with Crippen LogP contribution in [-0.2, 0) is 11.2 Å². The summed E-state index contributed by atoms with van der Waals surface area (Å²) in [4.78, 5) is 11.9. The third-order valence-corrected chi connectivity index (χ3v) is 4.59. The first-order valence-electron chi connectivity index (χ1n) is 9.69. The predicted molar refractivity (Wildman–Crippen MR) is 121 cm³/mol. The van der Waals surface area contributed by atoms with Crippen LogP contribution in [0.5, 0.6) is 17.2 Å². The summed E-state index contributed by atoms with van der Waals surface area (Å²) in [6, 6.07) is 22.5. The van der Waals surface area contributed by atoms with Crippen molar-refractivity contribution in [3.05, 3.63) is 88.9 Å². The quantitative estimate of drug-likeness (QED) is 0.374. The number of hydrazone groups is 1. The van der Waals surface area contributed by atoms with E-state index < -0.39 is 5.91 Å². The molecule has 0 atom stereocenters. The van der Waals surface area contributed by atoms with Crippen molar-refractivity contribution in [2.45, 2.75) is 6.42 Å². The van der Waals surface area contributed by atoms with Gasteiger partial charge in [0.2, 0.25) is 0 Å². The fraction of sp³-hybridized carbons (Fsp3) is 0.167. The fourth-order valence-electron chi connectivity index (χ4n) is 2.72. The first kappa shape index (κ1) is 22.2. The molecule has 0 bridgehead atoms. The number of benzene rings is 3. The highest BCUT2D eigenvalue weighted by atomic mass is 35.5. The lowest BCUT2D eigenvalue weighted by Crippen LogP contribution is -2.24. The number of halogens is 1. The standard InChI is InChI=1S/C24H23ClN2O4/c1-29-23-15-19(11-12-22(23)30-14-13-18-7-3-2-4-8-18)16-26-27-24(28)17-31-21-10-6-5-9-20(21)25/h2-12,15-16H,13-14,17H2,1H3,(H,27,28)/b26-16+. The Morgan fingerprint density at radius 1 is 0.968 bits per heavy atom. The van der Waals surface area contributed by atoms with E-state index in [0.717, 1.165) is 12.0 Å². The van der Waals surface area contributed by atoms with Gasteiger partial charge in [0, 0.05) is 6.42 Å². The van der Waals surface area contributed by atoms with Gasteiger partial charge in [-0.1, -0.05) is 54.1 Å². The number of methoxy groups -OCH3 is 1. The van der Waals surface area contributed by atoms with Crippen LogP contribution in [0.2, 0.25) is 5.02 Å². The van der Waals surface area contributed by atoms with Gasteiger partial charge in [0.25, 0.3) is 5.91 Å². The van der Waals surface area contributed by atoms with Crippen LogP contribution in [0.25, 0.3) is 0 Å². The number of ether oxygens (including phenoxy) is 3. The van der Waals surface area contributed by atoms with E-state index in [1.807, 2.05) is 30.3 Å². The summed E-state index contributed by atoms with van der Waals surface area (Å²) in [7, 11) is 1.58. The molecule has 0 aliphatic heterocycles. The Bertz CT molecular complexity index is 1030. The number of hydrogen-bond acceptors (Lipinski definition) is 5. The number of carbonyl (C=O) groups excluding carboxylic acids is 1. The van der Waals surface area contributed by atoms with E-state index in [1.165, 1.54) is 11.8 Å². The van der Waals surface area contributed by atoms with Gasteiger partial charge < -0.3 is 14.2 Å². The second kappa shape index (κ2) is 11.6. The number of nitrogens with zero attached hydrogens (tertiary/aromatic N) is 1. The van der Waals surface area contributed by atoms with E-state index in [2.05, 4.69) is 22.7 Å². The molecule has 0 radical (unpaired) electrons. The Balaban J connectivity index is 1.48. The molecular formula is C24H23ClN2O4. The summed E-state index contributed by atoms with van der Waals surface area (Å²) in [6.45, 7) is 0.341. The van der Waals surface area contributed by atoms with Crippen molar-refractivity contribution in [2.24, 2.45) is 5.10 Å². The molecule has 160 valence electrons. The predicted octanol–water partition coefficient (Wildman–Crippen LogP) is 4.50. The molecule has 0 aliphatic carbocycles. The van der Waals surface area contributed by atoms with Gasteiger partial charge in [-0.25, -0.2) is 5.43 Å². The molecule has 1 amide bonds. The van der Waals surface area contributed by atoms with Gasteiger partial charge in [0.15, 0.2) is 18.1 Å². The molecule has 1 N–H and O–H groups in total. The van der Waals surface area contributed by atoms with Crippen molar-refractivity contribution in [3.8, 4) is 17.2 Å². The van der Waals surface area contributed by atoms with Gasteiger partial charge in [-0.15, -0.1) is 0 Å². The van der Waals surface area contributed by atoms with E-state index in [0.29, 0.717) is 28.9 Å². The summed E-state index contributed by atoms with van der Waals surface area (Å²) in [5, 5.41) is 4.39. The molecule has 0 spiro atoms. The van der Waals surface area contributed by atoms with E-state index in [-0.39, 0.29) is 6.61 Å². The first-order chi connectivity index (χ1) is 15.2. The molecule has 0 heterocycles. The molecule has 3 aromatic carbocycles. The summed E-state index contributed by atoms with van der Waals surface area (Å²) in [6.07, 6.45) is 2.32. The molecule has 0 unspecified atom stereocenters. The Hall–Kier alpha value is -3.51. The third kappa shape index (κ3) is 7.04. The number of rotatable bonds is 10. The van der Waals surface area contributed by atoms with Crippen LogP contribution in [0, 0.1) is 0 Å². The number of amides is 1. The van der Waals surface area contributed by atoms with Gasteiger partial charge >= 0.3 is 0 Å². The minimum atomic E-state index is -0.399. The van der Waals surface area contributed by atoms with Gasteiger partial charge in [-0.2, -0.15) is 5.10 Å². The summed E-state index contributed by atoms with van der Waals surface area (Å²) >= 11 is 5.99.